The van der Waals surface area contributed by atoms with E-state index in [4.69, 9.17) is 13.9 Å². The van der Waals surface area contributed by atoms with Crippen LogP contribution in [0, 0.1) is 10.1 Å². The summed E-state index contributed by atoms with van der Waals surface area (Å²) in [4.78, 5) is 14.1. The highest BCUT2D eigenvalue weighted by molar-refractivity contribution is 7.99. The third-order valence-electron chi connectivity index (χ3n) is 3.13. The zero-order valence-electron chi connectivity index (χ0n) is 13.2. The quantitative estimate of drug-likeness (QED) is 0.483. The molecule has 0 amide bonds. The molecule has 0 fully saturated rings. The summed E-state index contributed by atoms with van der Waals surface area (Å²) < 4.78 is 16.0. The lowest BCUT2D eigenvalue weighted by Crippen LogP contribution is -1.89. The molecule has 10 heteroatoms. The summed E-state index contributed by atoms with van der Waals surface area (Å²) in [5, 5.41) is 19.3. The highest BCUT2D eigenvalue weighted by atomic mass is 32.2. The highest BCUT2D eigenvalue weighted by Crippen LogP contribution is 2.32. The van der Waals surface area contributed by atoms with Crippen molar-refractivity contribution in [3.63, 3.8) is 0 Å². The van der Waals surface area contributed by atoms with E-state index in [1.54, 1.807) is 32.4 Å². The Kier molecular flexibility index (Phi) is 4.80. The Morgan fingerprint density at radius 1 is 1.12 bits per heavy atom. The minimum Gasteiger partial charge on any atom is -0.497 e. The van der Waals surface area contributed by atoms with Gasteiger partial charge in [0.15, 0.2) is 0 Å². The van der Waals surface area contributed by atoms with Gasteiger partial charge in [0.2, 0.25) is 5.89 Å². The second kappa shape index (κ2) is 7.18. The number of benzene rings is 1. The second-order valence-corrected chi connectivity index (χ2v) is 5.66. The largest absolute Gasteiger partial charge is 0.497 e. The molecule has 3 aromatic rings. The molecule has 0 saturated heterocycles. The molecule has 0 bridgehead atoms. The van der Waals surface area contributed by atoms with Crippen molar-refractivity contribution in [2.45, 2.75) is 10.2 Å². The molecule has 0 aliphatic heterocycles. The Morgan fingerprint density at radius 3 is 2.40 bits per heavy atom. The summed E-state index contributed by atoms with van der Waals surface area (Å²) in [6.45, 7) is 0. The normalized spacial score (nSPS) is 10.5. The Morgan fingerprint density at radius 2 is 1.84 bits per heavy atom. The summed E-state index contributed by atoms with van der Waals surface area (Å²) in [5.41, 5.74) is 0.561. The number of pyridine rings is 1. The standard InChI is InChI=1S/C15H12N4O5S/c1-22-11-5-9(6-12(7-11)23-2)14-17-18-15(24-14)25-13-4-3-10(8-16-13)19(20)21/h3-8H,1-2H3. The van der Waals surface area contributed by atoms with Crippen LogP contribution in [0.4, 0.5) is 5.69 Å². The first-order valence-corrected chi connectivity index (χ1v) is 7.76. The second-order valence-electron chi connectivity index (χ2n) is 4.69. The first kappa shape index (κ1) is 16.7. The smallest absolute Gasteiger partial charge is 0.287 e. The molecule has 0 spiro atoms. The highest BCUT2D eigenvalue weighted by Gasteiger charge is 2.14. The van der Waals surface area contributed by atoms with Gasteiger partial charge < -0.3 is 13.9 Å². The molecule has 0 aliphatic carbocycles. The molecule has 0 unspecified atom stereocenters. The van der Waals surface area contributed by atoms with Crippen molar-refractivity contribution in [3.8, 4) is 23.0 Å². The van der Waals surface area contributed by atoms with Gasteiger partial charge in [-0.15, -0.1) is 10.2 Å². The zero-order valence-corrected chi connectivity index (χ0v) is 14.0. The van der Waals surface area contributed by atoms with Crippen molar-refractivity contribution in [2.75, 3.05) is 14.2 Å². The van der Waals surface area contributed by atoms with Gasteiger partial charge in [0.1, 0.15) is 22.7 Å². The van der Waals surface area contributed by atoms with Gasteiger partial charge in [-0.05, 0) is 30.0 Å². The van der Waals surface area contributed by atoms with Crippen molar-refractivity contribution in [2.24, 2.45) is 0 Å². The van der Waals surface area contributed by atoms with Crippen molar-refractivity contribution in [1.29, 1.82) is 0 Å². The van der Waals surface area contributed by atoms with Crippen LogP contribution in [0.3, 0.4) is 0 Å². The molecular weight excluding hydrogens is 348 g/mol. The SMILES string of the molecule is COc1cc(OC)cc(-c2nnc(Sc3ccc([N+](=O)[O-])cn3)o2)c1. The van der Waals surface area contributed by atoms with Crippen LogP contribution in [0.5, 0.6) is 11.5 Å². The maximum Gasteiger partial charge on any atom is 0.287 e. The van der Waals surface area contributed by atoms with Gasteiger partial charge in [-0.2, -0.15) is 0 Å². The lowest BCUT2D eigenvalue weighted by molar-refractivity contribution is -0.385. The number of hydrogen-bond donors (Lipinski definition) is 0. The van der Waals surface area contributed by atoms with Crippen molar-refractivity contribution in [1.82, 2.24) is 15.2 Å². The van der Waals surface area contributed by atoms with Crippen molar-refractivity contribution >= 4 is 17.4 Å². The van der Waals surface area contributed by atoms with Crippen LogP contribution in [-0.2, 0) is 0 Å². The first-order valence-electron chi connectivity index (χ1n) is 6.94. The zero-order chi connectivity index (χ0) is 17.8. The monoisotopic (exact) mass is 360 g/mol. The van der Waals surface area contributed by atoms with E-state index in [-0.39, 0.29) is 10.9 Å². The van der Waals surface area contributed by atoms with Crippen LogP contribution < -0.4 is 9.47 Å². The van der Waals surface area contributed by atoms with Gasteiger partial charge in [0, 0.05) is 17.7 Å². The summed E-state index contributed by atoms with van der Waals surface area (Å²) in [7, 11) is 3.10. The third kappa shape index (κ3) is 3.86. The average Bonchev–Trinajstić information content (AvgIpc) is 3.10. The van der Waals surface area contributed by atoms with E-state index in [1.165, 1.54) is 18.3 Å². The number of rotatable bonds is 6. The lowest BCUT2D eigenvalue weighted by atomic mass is 10.2. The minimum atomic E-state index is -0.511. The van der Waals surface area contributed by atoms with Crippen LogP contribution in [0.25, 0.3) is 11.5 Å². The maximum atomic E-state index is 10.6. The van der Waals surface area contributed by atoms with E-state index in [9.17, 15) is 10.1 Å². The molecule has 3 rings (SSSR count). The number of hydrogen-bond acceptors (Lipinski definition) is 9. The molecule has 128 valence electrons. The fraction of sp³-hybridized carbons (Fsp3) is 0.133. The number of ether oxygens (including phenoxy) is 2. The molecule has 1 aromatic carbocycles. The molecule has 0 saturated carbocycles. The number of aromatic nitrogens is 3. The van der Waals surface area contributed by atoms with Gasteiger partial charge in [-0.1, -0.05) is 0 Å². The van der Waals surface area contributed by atoms with Crippen LogP contribution in [0.2, 0.25) is 0 Å². The Labute approximate surface area is 146 Å². The van der Waals surface area contributed by atoms with Gasteiger partial charge in [-0.3, -0.25) is 10.1 Å². The number of methoxy groups -OCH3 is 2. The predicted molar refractivity (Wildman–Crippen MR) is 87.9 cm³/mol. The lowest BCUT2D eigenvalue weighted by Gasteiger charge is -2.05. The van der Waals surface area contributed by atoms with Crippen LogP contribution in [0.1, 0.15) is 0 Å². The first-order chi connectivity index (χ1) is 12.1. The predicted octanol–water partition coefficient (Wildman–Crippen LogP) is 3.21. The fourth-order valence-electron chi connectivity index (χ4n) is 1.93. The Balaban J connectivity index is 1.81. The van der Waals surface area contributed by atoms with E-state index in [2.05, 4.69) is 15.2 Å². The van der Waals surface area contributed by atoms with E-state index in [0.717, 1.165) is 11.8 Å². The summed E-state index contributed by atoms with van der Waals surface area (Å²) in [5.74, 6) is 1.49. The summed E-state index contributed by atoms with van der Waals surface area (Å²) in [6.07, 6.45) is 1.17. The molecule has 0 atom stereocenters. The molecule has 2 heterocycles. The van der Waals surface area contributed by atoms with Gasteiger partial charge in [0.25, 0.3) is 10.9 Å². The van der Waals surface area contributed by atoms with Crippen LogP contribution in [0.15, 0.2) is 51.2 Å². The summed E-state index contributed by atoms with van der Waals surface area (Å²) in [6, 6.07) is 8.10. The topological polar surface area (TPSA) is 113 Å². The number of nitro groups is 1. The van der Waals surface area contributed by atoms with Gasteiger partial charge in [0.05, 0.1) is 19.1 Å². The molecular formula is C15H12N4O5S. The van der Waals surface area contributed by atoms with E-state index < -0.39 is 4.92 Å². The van der Waals surface area contributed by atoms with Gasteiger partial charge >= 0.3 is 0 Å². The molecule has 9 nitrogen and oxygen atoms in total. The van der Waals surface area contributed by atoms with Crippen LogP contribution >= 0.6 is 11.8 Å². The van der Waals surface area contributed by atoms with Crippen molar-refractivity contribution in [3.05, 3.63) is 46.6 Å². The fourth-order valence-corrected chi connectivity index (χ4v) is 2.55. The molecule has 0 radical (unpaired) electrons. The molecule has 25 heavy (non-hydrogen) atoms. The van der Waals surface area contributed by atoms with E-state index in [0.29, 0.717) is 28.0 Å². The number of nitrogens with zero attached hydrogens (tertiary/aromatic N) is 4. The molecule has 2 aromatic heterocycles. The Hall–Kier alpha value is -3.14. The average molecular weight is 360 g/mol. The minimum absolute atomic E-state index is 0.0842. The molecule has 0 aliphatic rings. The summed E-state index contributed by atoms with van der Waals surface area (Å²) >= 11 is 1.11. The van der Waals surface area contributed by atoms with E-state index in [1.807, 2.05) is 0 Å². The van der Waals surface area contributed by atoms with Gasteiger partial charge in [-0.25, -0.2) is 4.98 Å². The van der Waals surface area contributed by atoms with Crippen molar-refractivity contribution < 1.29 is 18.8 Å². The van der Waals surface area contributed by atoms with E-state index >= 15 is 0 Å². The maximum absolute atomic E-state index is 10.6. The third-order valence-corrected chi connectivity index (χ3v) is 3.92. The van der Waals surface area contributed by atoms with Crippen LogP contribution in [-0.4, -0.2) is 34.3 Å². The molecule has 0 N–H and O–H groups in total. The Bertz CT molecular complexity index is 875.